The van der Waals surface area contributed by atoms with Crippen LogP contribution in [0.4, 0.5) is 17.6 Å². The Hall–Kier alpha value is -3.40. The van der Waals surface area contributed by atoms with Gasteiger partial charge in [-0.3, -0.25) is 14.3 Å². The number of rotatable bonds is 2. The van der Waals surface area contributed by atoms with Crippen molar-refractivity contribution in [1.82, 2.24) is 19.6 Å². The van der Waals surface area contributed by atoms with Gasteiger partial charge in [0.15, 0.2) is 5.69 Å². The van der Waals surface area contributed by atoms with E-state index in [0.29, 0.717) is 10.6 Å². The Morgan fingerprint density at radius 1 is 1.12 bits per heavy atom. The van der Waals surface area contributed by atoms with E-state index in [9.17, 15) is 27.2 Å². The van der Waals surface area contributed by atoms with Crippen LogP contribution in [0.1, 0.15) is 37.5 Å². The molecule has 1 atom stereocenters. The largest absolute Gasteiger partial charge is 0.435 e. The van der Waals surface area contributed by atoms with Crippen molar-refractivity contribution in [3.05, 3.63) is 87.4 Å². The third kappa shape index (κ3) is 3.19. The third-order valence-corrected chi connectivity index (χ3v) is 6.59. The second kappa shape index (κ2) is 7.56. The Kier molecular flexibility index (Phi) is 4.98. The second-order valence-corrected chi connectivity index (χ2v) is 8.68. The van der Waals surface area contributed by atoms with Crippen molar-refractivity contribution in [3.8, 4) is 0 Å². The van der Waals surface area contributed by atoms with Gasteiger partial charge in [0.05, 0.1) is 5.56 Å². The fourth-order valence-corrected chi connectivity index (χ4v) is 5.03. The summed E-state index contributed by atoms with van der Waals surface area (Å²) in [5.74, 6) is -2.09. The number of carbonyl (C=O) groups is 2. The summed E-state index contributed by atoms with van der Waals surface area (Å²) in [4.78, 5) is 29.7. The van der Waals surface area contributed by atoms with Gasteiger partial charge in [0.2, 0.25) is 0 Å². The first-order valence-corrected chi connectivity index (χ1v) is 10.7. The zero-order chi connectivity index (χ0) is 24.4. The topological polar surface area (TPSA) is 58.4 Å². The number of benzene rings is 2. The van der Waals surface area contributed by atoms with E-state index in [0.717, 1.165) is 10.9 Å². The summed E-state index contributed by atoms with van der Waals surface area (Å²) < 4.78 is 56.7. The van der Waals surface area contributed by atoms with Gasteiger partial charge < -0.3 is 9.80 Å². The Morgan fingerprint density at radius 2 is 1.82 bits per heavy atom. The summed E-state index contributed by atoms with van der Waals surface area (Å²) in [6.45, 7) is 0.0137. The number of nitrogens with zero attached hydrogens (tertiary/aromatic N) is 4. The van der Waals surface area contributed by atoms with Crippen LogP contribution in [-0.2, 0) is 25.3 Å². The van der Waals surface area contributed by atoms with Crippen molar-refractivity contribution in [3.63, 3.8) is 0 Å². The highest BCUT2D eigenvalue weighted by molar-refractivity contribution is 6.30. The van der Waals surface area contributed by atoms with E-state index in [1.807, 2.05) is 0 Å². The van der Waals surface area contributed by atoms with Crippen LogP contribution in [0.3, 0.4) is 0 Å². The smallest absolute Gasteiger partial charge is 0.309 e. The van der Waals surface area contributed by atoms with Crippen LogP contribution in [-0.4, -0.2) is 44.5 Å². The highest BCUT2D eigenvalue weighted by Crippen LogP contribution is 2.46. The fourth-order valence-electron chi connectivity index (χ4n) is 4.91. The Bertz CT molecular complexity index is 1320. The predicted molar refractivity (Wildman–Crippen MR) is 114 cm³/mol. The molecule has 34 heavy (non-hydrogen) atoms. The van der Waals surface area contributed by atoms with Crippen LogP contribution in [0.25, 0.3) is 0 Å². The van der Waals surface area contributed by atoms with Crippen molar-refractivity contribution < 1.29 is 27.2 Å². The first-order valence-electron chi connectivity index (χ1n) is 10.3. The van der Waals surface area contributed by atoms with E-state index in [1.165, 1.54) is 35.0 Å². The maximum Gasteiger partial charge on any atom is 0.435 e. The molecule has 6 nitrogen and oxygen atoms in total. The van der Waals surface area contributed by atoms with Crippen LogP contribution in [0.5, 0.6) is 0 Å². The molecule has 0 bridgehead atoms. The van der Waals surface area contributed by atoms with Gasteiger partial charge >= 0.3 is 6.18 Å². The quantitative estimate of drug-likeness (QED) is 0.503. The minimum absolute atomic E-state index is 0.0466. The molecule has 1 fully saturated rings. The minimum atomic E-state index is -4.86. The van der Waals surface area contributed by atoms with Crippen LogP contribution < -0.4 is 0 Å². The highest BCUT2D eigenvalue weighted by atomic mass is 35.5. The number of fused-ring (bicyclic) bond motifs is 2. The zero-order valence-corrected chi connectivity index (χ0v) is 18.5. The highest BCUT2D eigenvalue weighted by Gasteiger charge is 2.57. The molecule has 1 aromatic heterocycles. The number of halogens is 5. The van der Waals surface area contributed by atoms with Gasteiger partial charge in [0.1, 0.15) is 11.5 Å². The van der Waals surface area contributed by atoms with Crippen LogP contribution >= 0.6 is 11.6 Å². The number of aromatic nitrogens is 2. The lowest BCUT2D eigenvalue weighted by molar-refractivity contribution is -0.142. The molecule has 2 aliphatic rings. The summed E-state index contributed by atoms with van der Waals surface area (Å²) in [5, 5.41) is 3.83. The van der Waals surface area contributed by atoms with E-state index in [2.05, 4.69) is 5.10 Å². The van der Waals surface area contributed by atoms with Crippen molar-refractivity contribution in [1.29, 1.82) is 0 Å². The fraction of sp³-hybridized carbons (Fsp3) is 0.261. The Balaban J connectivity index is 1.72. The van der Waals surface area contributed by atoms with Crippen molar-refractivity contribution in [2.24, 2.45) is 7.05 Å². The normalized spacial score (nSPS) is 19.9. The van der Waals surface area contributed by atoms with Gasteiger partial charge in [-0.2, -0.15) is 18.3 Å². The maximum absolute atomic E-state index is 14.9. The first kappa shape index (κ1) is 22.4. The molecule has 11 heteroatoms. The summed E-state index contributed by atoms with van der Waals surface area (Å²) >= 11 is 6.04. The SMILES string of the molecule is Cn1cc(C(=O)N2CCN3C(=O)c4cccc(F)c4CC23c2ccc(Cl)cc2)c(C(F)(F)F)n1. The number of hydrogen-bond acceptors (Lipinski definition) is 3. The van der Waals surface area contributed by atoms with E-state index in [1.54, 1.807) is 24.3 Å². The Labute approximate surface area is 196 Å². The van der Waals surface area contributed by atoms with Crippen LogP contribution in [0, 0.1) is 5.82 Å². The summed E-state index contributed by atoms with van der Waals surface area (Å²) in [6.07, 6.45) is -3.99. The van der Waals surface area contributed by atoms with Gasteiger partial charge in [-0.05, 0) is 29.8 Å². The number of carbonyl (C=O) groups excluding carboxylic acids is 2. The zero-order valence-electron chi connectivity index (χ0n) is 17.7. The first-order chi connectivity index (χ1) is 16.0. The predicted octanol–water partition coefficient (Wildman–Crippen LogP) is 4.24. The van der Waals surface area contributed by atoms with E-state index < -0.39 is 40.7 Å². The molecule has 2 aromatic carbocycles. The molecule has 176 valence electrons. The van der Waals surface area contributed by atoms with E-state index >= 15 is 0 Å². The molecule has 0 radical (unpaired) electrons. The van der Waals surface area contributed by atoms with Gasteiger partial charge in [-0.1, -0.05) is 29.8 Å². The molecular weight excluding hydrogens is 476 g/mol. The van der Waals surface area contributed by atoms with Gasteiger partial charge in [-0.15, -0.1) is 0 Å². The monoisotopic (exact) mass is 492 g/mol. The number of amides is 2. The second-order valence-electron chi connectivity index (χ2n) is 8.24. The molecule has 1 saturated heterocycles. The molecule has 2 amide bonds. The molecule has 3 heterocycles. The summed E-state index contributed by atoms with van der Waals surface area (Å²) in [7, 11) is 1.28. The van der Waals surface area contributed by atoms with Crippen molar-refractivity contribution in [2.45, 2.75) is 18.3 Å². The molecule has 3 aromatic rings. The third-order valence-electron chi connectivity index (χ3n) is 6.34. The Morgan fingerprint density at radius 3 is 2.50 bits per heavy atom. The van der Waals surface area contributed by atoms with Crippen LogP contribution in [0.2, 0.25) is 5.02 Å². The molecule has 0 saturated carbocycles. The van der Waals surface area contributed by atoms with Gasteiger partial charge in [0.25, 0.3) is 11.8 Å². The van der Waals surface area contributed by atoms with E-state index in [-0.39, 0.29) is 30.6 Å². The molecule has 0 spiro atoms. The molecular formula is C23H17ClF4N4O2. The average Bonchev–Trinajstić information content (AvgIpc) is 3.37. The van der Waals surface area contributed by atoms with Crippen molar-refractivity contribution >= 4 is 23.4 Å². The molecule has 0 aliphatic carbocycles. The van der Waals surface area contributed by atoms with E-state index in [4.69, 9.17) is 11.6 Å². The van der Waals surface area contributed by atoms with Crippen molar-refractivity contribution in [2.75, 3.05) is 13.1 Å². The summed E-state index contributed by atoms with van der Waals surface area (Å²) in [5.41, 5.74) is -2.80. The lowest BCUT2D eigenvalue weighted by atomic mass is 9.83. The van der Waals surface area contributed by atoms with Gasteiger partial charge in [-0.25, -0.2) is 4.39 Å². The average molecular weight is 493 g/mol. The molecule has 2 aliphatic heterocycles. The van der Waals surface area contributed by atoms with Crippen LogP contribution in [0.15, 0.2) is 48.7 Å². The lowest BCUT2D eigenvalue weighted by Gasteiger charge is -2.47. The lowest BCUT2D eigenvalue weighted by Crippen LogP contribution is -2.58. The molecule has 5 rings (SSSR count). The number of aryl methyl sites for hydroxylation is 1. The molecule has 0 N–H and O–H groups in total. The molecule has 1 unspecified atom stereocenters. The maximum atomic E-state index is 14.9. The minimum Gasteiger partial charge on any atom is -0.309 e. The summed E-state index contributed by atoms with van der Waals surface area (Å²) in [6, 6.07) is 10.4. The number of hydrogen-bond donors (Lipinski definition) is 0. The number of alkyl halides is 3. The van der Waals surface area contributed by atoms with Gasteiger partial charge in [0, 0.05) is 48.9 Å². The standard InChI is InChI=1S/C23H17ClF4N4O2/c1-30-12-17(19(29-30)23(26,27)28)21(34)32-10-9-31-20(33)15-3-2-4-18(25)16(15)11-22(31,32)13-5-7-14(24)8-6-13/h2-8,12H,9-11H2,1H3.